The molecule has 1 atom stereocenters. The monoisotopic (exact) mass is 515 g/mol. The van der Waals surface area contributed by atoms with E-state index < -0.39 is 11.9 Å². The fourth-order valence-corrected chi connectivity index (χ4v) is 4.38. The lowest BCUT2D eigenvalue weighted by Gasteiger charge is -2.20. The summed E-state index contributed by atoms with van der Waals surface area (Å²) in [6.07, 6.45) is 4.82. The van der Waals surface area contributed by atoms with Gasteiger partial charge in [-0.2, -0.15) is 5.10 Å². The van der Waals surface area contributed by atoms with E-state index in [1.165, 1.54) is 9.08 Å². The van der Waals surface area contributed by atoms with Crippen molar-refractivity contribution in [1.82, 2.24) is 39.7 Å². The first-order chi connectivity index (χ1) is 19.0. The lowest BCUT2D eigenvalue weighted by molar-refractivity contribution is 0.0940. The van der Waals surface area contributed by atoms with Crippen molar-refractivity contribution in [2.24, 2.45) is 0 Å². The fraction of sp³-hybridized carbons (Fsp3) is 0.0714. The number of nitrogens with one attached hydrogen (secondary N) is 2. The van der Waals surface area contributed by atoms with Crippen LogP contribution in [-0.4, -0.2) is 40.3 Å². The minimum Gasteiger partial charge on any atom is -0.381 e. The molecule has 0 saturated carbocycles. The lowest BCUT2D eigenvalue weighted by Crippen LogP contribution is -2.33. The topological polar surface area (TPSA) is 149 Å². The van der Waals surface area contributed by atoms with Gasteiger partial charge in [0.25, 0.3) is 11.5 Å². The third-order valence-corrected chi connectivity index (χ3v) is 6.15. The van der Waals surface area contributed by atoms with Crippen molar-refractivity contribution in [2.75, 3.05) is 5.73 Å². The number of rotatable bonds is 4. The Hall–Kier alpha value is -5.76. The number of nitrogens with two attached hydrogens (primary N) is 1. The summed E-state index contributed by atoms with van der Waals surface area (Å²) in [7, 11) is 0. The Morgan fingerprint density at radius 3 is 2.69 bits per heavy atom. The summed E-state index contributed by atoms with van der Waals surface area (Å²) in [5.74, 6) is 5.95. The van der Waals surface area contributed by atoms with Crippen molar-refractivity contribution in [1.29, 1.82) is 0 Å². The van der Waals surface area contributed by atoms with Crippen molar-refractivity contribution in [3.8, 4) is 17.5 Å². The summed E-state index contributed by atoms with van der Waals surface area (Å²) in [6, 6.07) is 17.2. The summed E-state index contributed by atoms with van der Waals surface area (Å²) in [6.45, 7) is 1.75. The largest absolute Gasteiger partial charge is 0.381 e. The second-order valence-corrected chi connectivity index (χ2v) is 8.71. The van der Waals surface area contributed by atoms with Crippen LogP contribution in [0.5, 0.6) is 0 Å². The smallest absolute Gasteiger partial charge is 0.267 e. The van der Waals surface area contributed by atoms with Gasteiger partial charge in [-0.15, -0.1) is 5.10 Å². The predicted molar refractivity (Wildman–Crippen MR) is 145 cm³/mol. The van der Waals surface area contributed by atoms with Gasteiger partial charge in [0.2, 0.25) is 0 Å². The molecule has 0 radical (unpaired) electrons. The van der Waals surface area contributed by atoms with Gasteiger partial charge < -0.3 is 11.1 Å². The van der Waals surface area contributed by atoms with Gasteiger partial charge in [0, 0.05) is 24.2 Å². The SMILES string of the molecule is C[C@@H](NC(=O)c1c(N)nn2cccnc12)c1nc2cccc(C#Cc3ccn[nH]3)c2c(=O)n1-c1ccccc1. The van der Waals surface area contributed by atoms with Gasteiger partial charge in [-0.3, -0.25) is 19.3 Å². The van der Waals surface area contributed by atoms with Crippen LogP contribution in [0.1, 0.15) is 40.4 Å². The Bertz CT molecular complexity index is 1960. The zero-order chi connectivity index (χ0) is 26.9. The zero-order valence-corrected chi connectivity index (χ0v) is 20.7. The first-order valence-corrected chi connectivity index (χ1v) is 12.0. The van der Waals surface area contributed by atoms with Crippen LogP contribution >= 0.6 is 0 Å². The molecular weight excluding hydrogens is 494 g/mol. The van der Waals surface area contributed by atoms with E-state index in [0.29, 0.717) is 39.3 Å². The molecule has 190 valence electrons. The van der Waals surface area contributed by atoms with Crippen LogP contribution in [0, 0.1) is 11.8 Å². The Morgan fingerprint density at radius 1 is 1.05 bits per heavy atom. The Labute approximate surface area is 221 Å². The van der Waals surface area contributed by atoms with Crippen LogP contribution in [0.2, 0.25) is 0 Å². The van der Waals surface area contributed by atoms with Crippen molar-refractivity contribution in [3.05, 3.63) is 112 Å². The van der Waals surface area contributed by atoms with E-state index in [1.807, 2.05) is 18.2 Å². The molecule has 11 nitrogen and oxygen atoms in total. The van der Waals surface area contributed by atoms with E-state index >= 15 is 0 Å². The molecule has 0 bridgehead atoms. The first-order valence-electron chi connectivity index (χ1n) is 12.0. The molecule has 0 aliphatic rings. The minimum absolute atomic E-state index is 0.0470. The summed E-state index contributed by atoms with van der Waals surface area (Å²) >= 11 is 0. The number of benzene rings is 2. The number of aromatic nitrogens is 7. The molecule has 11 heteroatoms. The second kappa shape index (κ2) is 9.60. The number of amides is 1. The van der Waals surface area contributed by atoms with E-state index in [2.05, 4.69) is 37.4 Å². The number of carbonyl (C=O) groups is 1. The van der Waals surface area contributed by atoms with Crippen LogP contribution in [0.4, 0.5) is 5.82 Å². The Morgan fingerprint density at radius 2 is 1.90 bits per heavy atom. The number of fused-ring (bicyclic) bond motifs is 2. The van der Waals surface area contributed by atoms with Crippen LogP contribution in [-0.2, 0) is 0 Å². The Kier molecular flexibility index (Phi) is 5.82. The number of nitrogen functional groups attached to an aromatic ring is 1. The molecule has 0 aliphatic carbocycles. The average molecular weight is 516 g/mol. The van der Waals surface area contributed by atoms with Gasteiger partial charge in [-0.05, 0) is 49.2 Å². The highest BCUT2D eigenvalue weighted by molar-refractivity contribution is 6.04. The van der Waals surface area contributed by atoms with Crippen LogP contribution in [0.3, 0.4) is 0 Å². The minimum atomic E-state index is -0.687. The highest BCUT2D eigenvalue weighted by Gasteiger charge is 2.24. The lowest BCUT2D eigenvalue weighted by atomic mass is 10.1. The summed E-state index contributed by atoms with van der Waals surface area (Å²) < 4.78 is 2.93. The van der Waals surface area contributed by atoms with Crippen molar-refractivity contribution < 1.29 is 4.79 Å². The molecule has 4 aromatic heterocycles. The standard InChI is InChI=1S/C28H21N9O2/c1-17(32-27(38)23-24(29)35-36-16-6-14-30-26(23)36)25-33-21-10-5-7-18(11-12-19-13-15-31-34-19)22(21)28(39)37(25)20-8-3-2-4-9-20/h2-10,13-17H,1H3,(H2,29,35)(H,31,34)(H,32,38)/t17-/m1/s1. The third-order valence-electron chi connectivity index (χ3n) is 6.15. The molecule has 4 heterocycles. The van der Waals surface area contributed by atoms with Gasteiger partial charge in [-0.1, -0.05) is 30.2 Å². The van der Waals surface area contributed by atoms with Crippen molar-refractivity contribution >= 4 is 28.3 Å². The van der Waals surface area contributed by atoms with Crippen molar-refractivity contribution in [2.45, 2.75) is 13.0 Å². The van der Waals surface area contributed by atoms with E-state index in [1.54, 1.807) is 68.0 Å². The van der Waals surface area contributed by atoms with Gasteiger partial charge in [0.05, 0.1) is 22.6 Å². The summed E-state index contributed by atoms with van der Waals surface area (Å²) in [5.41, 5.74) is 8.41. The average Bonchev–Trinajstić information content (AvgIpc) is 3.59. The molecule has 0 unspecified atom stereocenters. The van der Waals surface area contributed by atoms with E-state index in [4.69, 9.17) is 10.7 Å². The molecule has 6 aromatic rings. The Balaban J connectivity index is 1.48. The molecule has 39 heavy (non-hydrogen) atoms. The van der Waals surface area contributed by atoms with E-state index in [-0.39, 0.29) is 16.9 Å². The van der Waals surface area contributed by atoms with Crippen LogP contribution in [0.25, 0.3) is 22.2 Å². The molecular formula is C28H21N9O2. The molecule has 0 fully saturated rings. The fourth-order valence-electron chi connectivity index (χ4n) is 4.38. The maximum atomic E-state index is 14.1. The highest BCUT2D eigenvalue weighted by atomic mass is 16.2. The predicted octanol–water partition coefficient (Wildman–Crippen LogP) is 2.62. The maximum Gasteiger partial charge on any atom is 0.267 e. The quantitative estimate of drug-likeness (QED) is 0.306. The normalized spacial score (nSPS) is 11.7. The van der Waals surface area contributed by atoms with Gasteiger partial charge in [-0.25, -0.2) is 14.5 Å². The third kappa shape index (κ3) is 4.25. The van der Waals surface area contributed by atoms with Gasteiger partial charge in [0.15, 0.2) is 11.5 Å². The number of nitrogens with zero attached hydrogens (tertiary/aromatic N) is 6. The number of aromatic amines is 1. The maximum absolute atomic E-state index is 14.1. The number of para-hydroxylation sites is 1. The van der Waals surface area contributed by atoms with Gasteiger partial charge in [0.1, 0.15) is 17.1 Å². The molecule has 0 aliphatic heterocycles. The van der Waals surface area contributed by atoms with Gasteiger partial charge >= 0.3 is 0 Å². The number of carbonyl (C=O) groups excluding carboxylic acids is 1. The molecule has 4 N–H and O–H groups in total. The molecule has 0 spiro atoms. The number of H-pyrrole nitrogens is 1. The number of anilines is 1. The van der Waals surface area contributed by atoms with E-state index in [0.717, 1.165) is 0 Å². The molecule has 6 rings (SSSR count). The molecule has 0 saturated heterocycles. The highest BCUT2D eigenvalue weighted by Crippen LogP contribution is 2.22. The van der Waals surface area contributed by atoms with E-state index in [9.17, 15) is 9.59 Å². The molecule has 2 aromatic carbocycles. The van der Waals surface area contributed by atoms with Crippen molar-refractivity contribution in [3.63, 3.8) is 0 Å². The first kappa shape index (κ1) is 23.6. The number of hydrogen-bond donors (Lipinski definition) is 3. The van der Waals surface area contributed by atoms with Crippen LogP contribution < -0.4 is 16.6 Å². The number of hydrogen-bond acceptors (Lipinski definition) is 7. The summed E-state index contributed by atoms with van der Waals surface area (Å²) in [5, 5.41) is 14.1. The second-order valence-electron chi connectivity index (χ2n) is 8.71. The zero-order valence-electron chi connectivity index (χ0n) is 20.7. The molecule has 1 amide bonds. The summed E-state index contributed by atoms with van der Waals surface area (Å²) in [4.78, 5) is 36.5. The van der Waals surface area contributed by atoms with Crippen LogP contribution in [0.15, 0.2) is 84.0 Å².